The van der Waals surface area contributed by atoms with E-state index in [9.17, 15) is 9.59 Å². The molecule has 1 atom stereocenters. The highest BCUT2D eigenvalue weighted by molar-refractivity contribution is 7.22. The number of para-hydroxylation sites is 1. The minimum atomic E-state index is -1.12. The van der Waals surface area contributed by atoms with Gasteiger partial charge in [-0.3, -0.25) is 10.1 Å². The van der Waals surface area contributed by atoms with Crippen molar-refractivity contribution in [2.45, 2.75) is 12.5 Å². The van der Waals surface area contributed by atoms with E-state index in [1.807, 2.05) is 24.3 Å². The molecule has 2 aromatic rings. The number of aliphatic imine (C=N–C) groups is 1. The molecule has 7 nitrogen and oxygen atoms in total. The first-order valence-corrected chi connectivity index (χ1v) is 6.66. The van der Waals surface area contributed by atoms with Crippen molar-refractivity contribution in [2.24, 2.45) is 4.99 Å². The molecular weight excluding hydrogens is 280 g/mol. The van der Waals surface area contributed by atoms with Gasteiger partial charge in [-0.25, -0.2) is 14.8 Å². The van der Waals surface area contributed by atoms with Crippen LogP contribution < -0.4 is 10.6 Å². The third-order valence-electron chi connectivity index (χ3n) is 2.73. The number of hydrogen-bond acceptors (Lipinski definition) is 6. The number of carbonyl (C=O) groups excluding carboxylic acids is 1. The number of rotatable bonds is 2. The van der Waals surface area contributed by atoms with Gasteiger partial charge in [0.2, 0.25) is 11.9 Å². The molecule has 2 heterocycles. The Morgan fingerprint density at radius 1 is 1.45 bits per heavy atom. The zero-order valence-corrected chi connectivity index (χ0v) is 11.0. The van der Waals surface area contributed by atoms with Crippen LogP contribution in [0.3, 0.4) is 0 Å². The van der Waals surface area contributed by atoms with Crippen molar-refractivity contribution in [2.75, 3.05) is 5.32 Å². The monoisotopic (exact) mass is 290 g/mol. The van der Waals surface area contributed by atoms with Gasteiger partial charge in [-0.1, -0.05) is 23.5 Å². The number of aromatic nitrogens is 1. The summed E-state index contributed by atoms with van der Waals surface area (Å²) in [4.78, 5) is 30.6. The lowest BCUT2D eigenvalue weighted by Gasteiger charge is -2.17. The highest BCUT2D eigenvalue weighted by atomic mass is 32.1. The van der Waals surface area contributed by atoms with Crippen LogP contribution in [0.4, 0.5) is 5.13 Å². The third-order valence-corrected chi connectivity index (χ3v) is 3.68. The van der Waals surface area contributed by atoms with Crippen molar-refractivity contribution in [3.05, 3.63) is 24.3 Å². The number of carboxylic acid groups (broad SMARTS) is 1. The number of anilines is 1. The van der Waals surface area contributed by atoms with Crippen molar-refractivity contribution in [1.29, 1.82) is 0 Å². The molecular formula is C12H10N4O3S. The standard InChI is InChI=1S/C12H10N4O3S/c17-9-5-7(10(18)19)13-11(15-9)16-12-14-6-3-1-2-4-8(6)20-12/h1-4,7H,5H2,(H,18,19)(H2,13,14,15,16,17)/t7-/m1/s1. The zero-order valence-electron chi connectivity index (χ0n) is 10.2. The first-order valence-electron chi connectivity index (χ1n) is 5.85. The van der Waals surface area contributed by atoms with Gasteiger partial charge in [-0.2, -0.15) is 0 Å². The van der Waals surface area contributed by atoms with Crippen LogP contribution in [0, 0.1) is 0 Å². The highest BCUT2D eigenvalue weighted by Gasteiger charge is 2.26. The lowest BCUT2D eigenvalue weighted by molar-refractivity contribution is -0.140. The molecule has 0 bridgehead atoms. The maximum atomic E-state index is 11.4. The second kappa shape index (κ2) is 4.89. The molecule has 20 heavy (non-hydrogen) atoms. The van der Waals surface area contributed by atoms with Gasteiger partial charge in [0.1, 0.15) is 0 Å². The SMILES string of the molecule is O=C1C[C@H](C(=O)O)N=C(Nc2nc3ccccc3s2)N1. The summed E-state index contributed by atoms with van der Waals surface area (Å²) in [7, 11) is 0. The Bertz CT molecular complexity index is 691. The van der Waals surface area contributed by atoms with Gasteiger partial charge >= 0.3 is 5.97 Å². The molecule has 0 aliphatic carbocycles. The fraction of sp³-hybridized carbons (Fsp3) is 0.167. The van der Waals surface area contributed by atoms with Crippen LogP contribution in [0.25, 0.3) is 10.2 Å². The van der Waals surface area contributed by atoms with E-state index < -0.39 is 12.0 Å². The van der Waals surface area contributed by atoms with E-state index in [4.69, 9.17) is 5.11 Å². The Kier molecular flexibility index (Phi) is 3.07. The lowest BCUT2D eigenvalue weighted by Crippen LogP contribution is -2.44. The normalized spacial score (nSPS) is 18.5. The Labute approximate surface area is 117 Å². The largest absolute Gasteiger partial charge is 0.480 e. The summed E-state index contributed by atoms with van der Waals surface area (Å²) in [6, 6.07) is 6.54. The fourth-order valence-corrected chi connectivity index (χ4v) is 2.69. The van der Waals surface area contributed by atoms with Gasteiger partial charge < -0.3 is 10.4 Å². The molecule has 0 radical (unpaired) electrons. The van der Waals surface area contributed by atoms with E-state index >= 15 is 0 Å². The number of guanidine groups is 1. The number of carbonyl (C=O) groups is 2. The lowest BCUT2D eigenvalue weighted by atomic mass is 10.2. The van der Waals surface area contributed by atoms with Gasteiger partial charge in [0.15, 0.2) is 11.2 Å². The minimum absolute atomic E-state index is 0.118. The molecule has 3 rings (SSSR count). The Hall–Kier alpha value is -2.48. The molecule has 8 heteroatoms. The van der Waals surface area contributed by atoms with Crippen LogP contribution in [-0.4, -0.2) is 34.0 Å². The molecule has 0 saturated heterocycles. The third kappa shape index (κ3) is 2.45. The second-order valence-corrected chi connectivity index (χ2v) is 5.23. The number of aliphatic carboxylic acids is 1. The van der Waals surface area contributed by atoms with Crippen LogP contribution in [0.1, 0.15) is 6.42 Å². The number of nitrogens with zero attached hydrogens (tertiary/aromatic N) is 2. The van der Waals surface area contributed by atoms with Gasteiger partial charge in [-0.05, 0) is 12.1 Å². The molecule has 0 unspecified atom stereocenters. The topological polar surface area (TPSA) is 104 Å². The number of carboxylic acids is 1. The van der Waals surface area contributed by atoms with Crippen molar-refractivity contribution in [3.8, 4) is 0 Å². The van der Waals surface area contributed by atoms with E-state index in [2.05, 4.69) is 20.6 Å². The van der Waals surface area contributed by atoms with Gasteiger partial charge in [0.25, 0.3) is 0 Å². The predicted octanol–water partition coefficient (Wildman–Crippen LogP) is 1.04. The summed E-state index contributed by atoms with van der Waals surface area (Å²) in [6.07, 6.45) is -0.152. The first-order chi connectivity index (χ1) is 9.61. The van der Waals surface area contributed by atoms with Crippen LogP contribution in [0.15, 0.2) is 29.3 Å². The number of fused-ring (bicyclic) bond motifs is 1. The van der Waals surface area contributed by atoms with Crippen LogP contribution in [-0.2, 0) is 9.59 Å². The number of benzene rings is 1. The Morgan fingerprint density at radius 2 is 2.25 bits per heavy atom. The van der Waals surface area contributed by atoms with E-state index in [-0.39, 0.29) is 18.3 Å². The molecule has 1 aliphatic rings. The van der Waals surface area contributed by atoms with E-state index in [0.717, 1.165) is 10.2 Å². The average Bonchev–Trinajstić information content (AvgIpc) is 2.79. The summed E-state index contributed by atoms with van der Waals surface area (Å²) >= 11 is 1.40. The molecule has 0 spiro atoms. The van der Waals surface area contributed by atoms with Crippen molar-refractivity contribution < 1.29 is 14.7 Å². The summed E-state index contributed by atoms with van der Waals surface area (Å²) in [5.41, 5.74) is 0.831. The van der Waals surface area contributed by atoms with Gasteiger partial charge in [-0.15, -0.1) is 0 Å². The Balaban J connectivity index is 1.86. The molecule has 102 valence electrons. The zero-order chi connectivity index (χ0) is 14.1. The quantitative estimate of drug-likeness (QED) is 0.766. The summed E-state index contributed by atoms with van der Waals surface area (Å²) in [5.74, 6) is -1.38. The Morgan fingerprint density at radius 3 is 3.00 bits per heavy atom. The second-order valence-electron chi connectivity index (χ2n) is 4.20. The number of nitrogens with one attached hydrogen (secondary N) is 2. The molecule has 1 aliphatic heterocycles. The predicted molar refractivity (Wildman–Crippen MR) is 74.9 cm³/mol. The van der Waals surface area contributed by atoms with E-state index in [1.165, 1.54) is 11.3 Å². The number of hydrogen-bond donors (Lipinski definition) is 3. The maximum Gasteiger partial charge on any atom is 0.329 e. The molecule has 0 fully saturated rings. The molecule has 1 amide bonds. The maximum absolute atomic E-state index is 11.4. The van der Waals surface area contributed by atoms with Gasteiger partial charge in [0, 0.05) is 0 Å². The van der Waals surface area contributed by atoms with Crippen molar-refractivity contribution in [3.63, 3.8) is 0 Å². The van der Waals surface area contributed by atoms with Crippen molar-refractivity contribution in [1.82, 2.24) is 10.3 Å². The smallest absolute Gasteiger partial charge is 0.329 e. The highest BCUT2D eigenvalue weighted by Crippen LogP contribution is 2.25. The first kappa shape index (κ1) is 12.5. The van der Waals surface area contributed by atoms with Crippen LogP contribution in [0.5, 0.6) is 0 Å². The summed E-state index contributed by atoms with van der Waals surface area (Å²) in [5, 5.41) is 14.8. The molecule has 1 aromatic heterocycles. The average molecular weight is 290 g/mol. The fourth-order valence-electron chi connectivity index (χ4n) is 1.83. The number of amides is 1. The minimum Gasteiger partial charge on any atom is -0.480 e. The molecule has 0 saturated carbocycles. The van der Waals surface area contributed by atoms with Crippen LogP contribution >= 0.6 is 11.3 Å². The molecule has 1 aromatic carbocycles. The van der Waals surface area contributed by atoms with Gasteiger partial charge in [0.05, 0.1) is 16.6 Å². The van der Waals surface area contributed by atoms with Crippen LogP contribution in [0.2, 0.25) is 0 Å². The van der Waals surface area contributed by atoms with E-state index in [0.29, 0.717) is 5.13 Å². The summed E-state index contributed by atoms with van der Waals surface area (Å²) < 4.78 is 0.993. The number of thiazole rings is 1. The van der Waals surface area contributed by atoms with Crippen molar-refractivity contribution >= 4 is 44.5 Å². The molecule has 3 N–H and O–H groups in total. The summed E-state index contributed by atoms with van der Waals surface area (Å²) in [6.45, 7) is 0. The van der Waals surface area contributed by atoms with E-state index in [1.54, 1.807) is 0 Å².